The Morgan fingerprint density at radius 1 is 1.12 bits per heavy atom. The lowest BCUT2D eigenvalue weighted by Gasteiger charge is -2.13. The SMILES string of the molecule is CCCc1cccc(/C=C(/C(=O)Nc2ccccc2)N2C=C2N2CC2)c1. The van der Waals surface area contributed by atoms with Crippen molar-refractivity contribution in [3.8, 4) is 0 Å². The number of anilines is 1. The normalized spacial score (nSPS) is 15.6. The van der Waals surface area contributed by atoms with Crippen molar-refractivity contribution in [1.29, 1.82) is 0 Å². The number of nitrogens with one attached hydrogen (secondary N) is 1. The van der Waals surface area contributed by atoms with Crippen LogP contribution in [0.1, 0.15) is 24.5 Å². The second kappa shape index (κ2) is 7.08. The topological polar surface area (TPSA) is 35.1 Å². The van der Waals surface area contributed by atoms with Crippen molar-refractivity contribution in [2.45, 2.75) is 19.8 Å². The van der Waals surface area contributed by atoms with E-state index in [1.54, 1.807) is 0 Å². The van der Waals surface area contributed by atoms with Gasteiger partial charge in [0.05, 0.1) is 6.20 Å². The minimum Gasteiger partial charge on any atom is -0.353 e. The molecule has 132 valence electrons. The minimum absolute atomic E-state index is 0.0924. The predicted molar refractivity (Wildman–Crippen MR) is 105 cm³/mol. The number of amides is 1. The second-order valence-electron chi connectivity index (χ2n) is 6.69. The van der Waals surface area contributed by atoms with Crippen LogP contribution < -0.4 is 5.32 Å². The molecule has 0 aliphatic carbocycles. The average Bonchev–Trinajstić information content (AvgIpc) is 3.54. The molecular formula is C22H23N3O. The van der Waals surface area contributed by atoms with Crippen LogP contribution in [-0.2, 0) is 11.2 Å². The molecule has 1 amide bonds. The molecule has 0 spiro atoms. The van der Waals surface area contributed by atoms with E-state index in [0.29, 0.717) is 5.70 Å². The molecule has 4 nitrogen and oxygen atoms in total. The Morgan fingerprint density at radius 2 is 1.92 bits per heavy atom. The standard InChI is InChI=1S/C22H23N3O/c1-2-7-17-8-6-9-18(14-17)15-20(25-16-21(25)24-12-13-24)22(26)23-19-10-4-3-5-11-19/h3-6,8-11,14-16H,2,7,12-13H2,1H3,(H,23,26)/b20-15-. The summed E-state index contributed by atoms with van der Waals surface area (Å²) in [6, 6.07) is 18.0. The summed E-state index contributed by atoms with van der Waals surface area (Å²) >= 11 is 0. The number of rotatable bonds is 7. The van der Waals surface area contributed by atoms with E-state index in [9.17, 15) is 4.79 Å². The average molecular weight is 345 g/mol. The summed E-state index contributed by atoms with van der Waals surface area (Å²) in [6.07, 6.45) is 6.17. The molecule has 4 rings (SSSR count). The summed E-state index contributed by atoms with van der Waals surface area (Å²) in [5.41, 5.74) is 3.82. The molecule has 1 saturated heterocycles. The molecule has 1 fully saturated rings. The third kappa shape index (κ3) is 3.80. The van der Waals surface area contributed by atoms with E-state index >= 15 is 0 Å². The van der Waals surface area contributed by atoms with Gasteiger partial charge in [0.2, 0.25) is 0 Å². The summed E-state index contributed by atoms with van der Waals surface area (Å²) in [6.45, 7) is 4.32. The van der Waals surface area contributed by atoms with Crippen LogP contribution in [0.5, 0.6) is 0 Å². The maximum atomic E-state index is 12.9. The number of nitrogens with zero attached hydrogens (tertiary/aromatic N) is 2. The van der Waals surface area contributed by atoms with Crippen LogP contribution in [0.3, 0.4) is 0 Å². The third-order valence-corrected chi connectivity index (χ3v) is 4.51. The maximum Gasteiger partial charge on any atom is 0.272 e. The van der Waals surface area contributed by atoms with Crippen LogP contribution in [0.4, 0.5) is 5.69 Å². The lowest BCUT2D eigenvalue weighted by Crippen LogP contribution is -2.21. The van der Waals surface area contributed by atoms with E-state index < -0.39 is 0 Å². The van der Waals surface area contributed by atoms with Gasteiger partial charge >= 0.3 is 0 Å². The highest BCUT2D eigenvalue weighted by Crippen LogP contribution is 2.35. The second-order valence-corrected chi connectivity index (χ2v) is 6.69. The monoisotopic (exact) mass is 345 g/mol. The highest BCUT2D eigenvalue weighted by Gasteiger charge is 2.37. The zero-order chi connectivity index (χ0) is 17.9. The van der Waals surface area contributed by atoms with Gasteiger partial charge in [-0.3, -0.25) is 9.69 Å². The van der Waals surface area contributed by atoms with E-state index in [1.807, 2.05) is 47.5 Å². The van der Waals surface area contributed by atoms with Gasteiger partial charge in [-0.25, -0.2) is 0 Å². The third-order valence-electron chi connectivity index (χ3n) is 4.51. The van der Waals surface area contributed by atoms with E-state index in [-0.39, 0.29) is 5.91 Å². The summed E-state index contributed by atoms with van der Waals surface area (Å²) in [4.78, 5) is 17.2. The first-order valence-electron chi connectivity index (χ1n) is 9.17. The molecule has 0 saturated carbocycles. The van der Waals surface area contributed by atoms with Crippen molar-refractivity contribution in [3.63, 3.8) is 0 Å². The van der Waals surface area contributed by atoms with Crippen molar-refractivity contribution in [3.05, 3.63) is 83.4 Å². The minimum atomic E-state index is -0.0924. The molecule has 0 atom stereocenters. The molecule has 1 N–H and O–H groups in total. The molecule has 2 aliphatic heterocycles. The Morgan fingerprint density at radius 3 is 2.65 bits per heavy atom. The van der Waals surface area contributed by atoms with Crippen molar-refractivity contribution in [2.24, 2.45) is 0 Å². The first-order valence-corrected chi connectivity index (χ1v) is 9.17. The molecule has 26 heavy (non-hydrogen) atoms. The fourth-order valence-electron chi connectivity index (χ4n) is 3.04. The van der Waals surface area contributed by atoms with Gasteiger partial charge in [0.25, 0.3) is 5.91 Å². The van der Waals surface area contributed by atoms with Crippen molar-refractivity contribution >= 4 is 17.7 Å². The number of aryl methyl sites for hydroxylation is 1. The van der Waals surface area contributed by atoms with Crippen LogP contribution in [0.15, 0.2) is 72.3 Å². The summed E-state index contributed by atoms with van der Waals surface area (Å²) < 4.78 is 0. The molecule has 2 aromatic rings. The molecule has 0 unspecified atom stereocenters. The lowest BCUT2D eigenvalue weighted by molar-refractivity contribution is -0.113. The zero-order valence-electron chi connectivity index (χ0n) is 15.0. The van der Waals surface area contributed by atoms with Crippen LogP contribution in [0.2, 0.25) is 0 Å². The fraction of sp³-hybridized carbons (Fsp3) is 0.227. The first kappa shape index (κ1) is 16.5. The zero-order valence-corrected chi connectivity index (χ0v) is 15.0. The largest absolute Gasteiger partial charge is 0.353 e. The fourth-order valence-corrected chi connectivity index (χ4v) is 3.04. The molecule has 4 heteroatoms. The van der Waals surface area contributed by atoms with Crippen LogP contribution >= 0.6 is 0 Å². The van der Waals surface area contributed by atoms with Gasteiger partial charge in [0, 0.05) is 18.8 Å². The Kier molecular flexibility index (Phi) is 4.48. The van der Waals surface area contributed by atoms with Crippen LogP contribution in [0, 0.1) is 0 Å². The van der Waals surface area contributed by atoms with Crippen LogP contribution in [-0.4, -0.2) is 28.8 Å². The Hall–Kier alpha value is -3.01. The van der Waals surface area contributed by atoms with Crippen molar-refractivity contribution in [2.75, 3.05) is 18.4 Å². The number of hydrogen-bond donors (Lipinski definition) is 1. The Balaban J connectivity index is 1.58. The van der Waals surface area contributed by atoms with Gasteiger partial charge < -0.3 is 10.2 Å². The van der Waals surface area contributed by atoms with Gasteiger partial charge in [0.1, 0.15) is 11.5 Å². The van der Waals surface area contributed by atoms with Gasteiger partial charge in [-0.05, 0) is 35.8 Å². The highest BCUT2D eigenvalue weighted by atomic mass is 16.2. The van der Waals surface area contributed by atoms with Gasteiger partial charge in [-0.15, -0.1) is 0 Å². The van der Waals surface area contributed by atoms with E-state index in [2.05, 4.69) is 41.4 Å². The van der Waals surface area contributed by atoms with Gasteiger partial charge in [-0.1, -0.05) is 55.8 Å². The number of carbonyl (C=O) groups excluding carboxylic acids is 1. The number of benzene rings is 2. The molecule has 0 radical (unpaired) electrons. The Bertz CT molecular complexity index is 866. The Labute approximate surface area is 154 Å². The maximum absolute atomic E-state index is 12.9. The quantitative estimate of drug-likeness (QED) is 0.607. The number of hydrogen-bond acceptors (Lipinski definition) is 3. The van der Waals surface area contributed by atoms with E-state index in [4.69, 9.17) is 0 Å². The van der Waals surface area contributed by atoms with Crippen molar-refractivity contribution in [1.82, 2.24) is 9.80 Å². The van der Waals surface area contributed by atoms with E-state index in [0.717, 1.165) is 43.0 Å². The highest BCUT2D eigenvalue weighted by molar-refractivity contribution is 6.07. The molecule has 2 aromatic carbocycles. The summed E-state index contributed by atoms with van der Waals surface area (Å²) in [5.74, 6) is 1.04. The first-order chi connectivity index (χ1) is 12.7. The molecule has 2 heterocycles. The van der Waals surface area contributed by atoms with Crippen molar-refractivity contribution < 1.29 is 4.79 Å². The number of carbonyl (C=O) groups is 1. The molecule has 2 aliphatic rings. The smallest absolute Gasteiger partial charge is 0.272 e. The summed E-state index contributed by atoms with van der Waals surface area (Å²) in [5, 5.41) is 3.00. The van der Waals surface area contributed by atoms with Crippen LogP contribution in [0.25, 0.3) is 6.08 Å². The molecule has 0 aromatic heterocycles. The lowest BCUT2D eigenvalue weighted by atomic mass is 10.1. The van der Waals surface area contributed by atoms with E-state index in [1.165, 1.54) is 5.56 Å². The number of para-hydroxylation sites is 1. The predicted octanol–water partition coefficient (Wildman–Crippen LogP) is 4.05. The molecular weight excluding hydrogens is 322 g/mol. The molecule has 0 bridgehead atoms. The van der Waals surface area contributed by atoms with Gasteiger partial charge in [0.15, 0.2) is 0 Å². The van der Waals surface area contributed by atoms with Gasteiger partial charge in [-0.2, -0.15) is 0 Å². The summed E-state index contributed by atoms with van der Waals surface area (Å²) in [7, 11) is 0.